The maximum atomic E-state index is 13.4. The number of carbonyl (C=O) groups excluding carboxylic acids is 3. The number of methoxy groups -OCH3 is 1. The Balaban J connectivity index is 1.75. The molecule has 0 radical (unpaired) electrons. The molecule has 0 spiro atoms. The highest BCUT2D eigenvalue weighted by atomic mass is 19.1. The molecule has 0 unspecified atom stereocenters. The van der Waals surface area contributed by atoms with Gasteiger partial charge in [-0.1, -0.05) is 6.07 Å². The lowest BCUT2D eigenvalue weighted by Gasteiger charge is -2.15. The minimum Gasteiger partial charge on any atom is -0.496 e. The number of ether oxygens (including phenoxy) is 2. The van der Waals surface area contributed by atoms with E-state index in [2.05, 4.69) is 0 Å². The van der Waals surface area contributed by atoms with E-state index in [0.29, 0.717) is 17.0 Å². The number of hydrogen-bond acceptors (Lipinski definition) is 5. The fourth-order valence-corrected chi connectivity index (χ4v) is 2.72. The molecule has 0 atom stereocenters. The van der Waals surface area contributed by atoms with E-state index < -0.39 is 11.8 Å². The summed E-state index contributed by atoms with van der Waals surface area (Å²) in [5.41, 5.74) is 0.905. The Labute approximate surface area is 149 Å². The van der Waals surface area contributed by atoms with Crippen LogP contribution >= 0.6 is 0 Å². The van der Waals surface area contributed by atoms with Gasteiger partial charge < -0.3 is 9.47 Å². The Morgan fingerprint density at radius 3 is 2.54 bits per heavy atom. The average molecular weight is 357 g/mol. The molecule has 26 heavy (non-hydrogen) atoms. The molecule has 1 aliphatic rings. The molecule has 2 aromatic carbocycles. The fourth-order valence-electron chi connectivity index (χ4n) is 2.72. The highest BCUT2D eigenvalue weighted by molar-refractivity contribution is 6.20. The third kappa shape index (κ3) is 3.56. The number of nitrogens with zero attached hydrogens (tertiary/aromatic N) is 1. The van der Waals surface area contributed by atoms with Crippen LogP contribution < -0.4 is 9.64 Å². The topological polar surface area (TPSA) is 72.9 Å². The molecule has 6 nitrogen and oxygen atoms in total. The van der Waals surface area contributed by atoms with Gasteiger partial charge >= 0.3 is 5.97 Å². The van der Waals surface area contributed by atoms with Gasteiger partial charge in [0.05, 0.1) is 18.4 Å². The van der Waals surface area contributed by atoms with E-state index in [-0.39, 0.29) is 36.8 Å². The monoisotopic (exact) mass is 357 g/mol. The summed E-state index contributed by atoms with van der Waals surface area (Å²) >= 11 is 0. The molecule has 2 aromatic rings. The number of hydrogen-bond donors (Lipinski definition) is 0. The standard InChI is InChI=1S/C19H16FNO5/c1-25-16-6-5-14(20)9-13(16)11-26-19(24)12-3-2-4-15(10-12)21-17(22)7-8-18(21)23/h2-6,9-10H,7-8,11H2,1H3. The van der Waals surface area contributed by atoms with Gasteiger partial charge in [-0.3, -0.25) is 14.5 Å². The molecule has 2 amide bonds. The summed E-state index contributed by atoms with van der Waals surface area (Å²) in [6.45, 7) is -0.175. The summed E-state index contributed by atoms with van der Waals surface area (Å²) in [4.78, 5) is 37.0. The van der Waals surface area contributed by atoms with Gasteiger partial charge in [0.1, 0.15) is 18.2 Å². The van der Waals surface area contributed by atoms with E-state index in [1.807, 2.05) is 0 Å². The van der Waals surface area contributed by atoms with Crippen LogP contribution in [0, 0.1) is 5.82 Å². The third-order valence-electron chi connectivity index (χ3n) is 3.99. The number of halogens is 1. The number of anilines is 1. The van der Waals surface area contributed by atoms with E-state index in [1.54, 1.807) is 12.1 Å². The number of benzene rings is 2. The average Bonchev–Trinajstić information content (AvgIpc) is 2.98. The molecule has 1 heterocycles. The van der Waals surface area contributed by atoms with Crippen molar-refractivity contribution in [2.24, 2.45) is 0 Å². The molecule has 7 heteroatoms. The summed E-state index contributed by atoms with van der Waals surface area (Å²) in [5.74, 6) is -1.32. The zero-order valence-corrected chi connectivity index (χ0v) is 14.0. The van der Waals surface area contributed by atoms with E-state index in [4.69, 9.17) is 9.47 Å². The van der Waals surface area contributed by atoms with Gasteiger partial charge in [0.2, 0.25) is 11.8 Å². The van der Waals surface area contributed by atoms with E-state index in [9.17, 15) is 18.8 Å². The molecule has 134 valence electrons. The molecule has 0 N–H and O–H groups in total. The Morgan fingerprint density at radius 1 is 1.12 bits per heavy atom. The van der Waals surface area contributed by atoms with Crippen molar-refractivity contribution in [2.75, 3.05) is 12.0 Å². The lowest BCUT2D eigenvalue weighted by atomic mass is 10.2. The quantitative estimate of drug-likeness (QED) is 0.608. The smallest absolute Gasteiger partial charge is 0.338 e. The number of rotatable bonds is 5. The van der Waals surface area contributed by atoms with Crippen molar-refractivity contribution in [3.8, 4) is 5.75 Å². The minimum absolute atomic E-state index is 0.160. The molecule has 3 rings (SSSR count). The summed E-state index contributed by atoms with van der Waals surface area (Å²) in [5, 5.41) is 0. The summed E-state index contributed by atoms with van der Waals surface area (Å²) in [6.07, 6.45) is 0.319. The number of imide groups is 1. The molecule has 1 aliphatic heterocycles. The Morgan fingerprint density at radius 2 is 1.85 bits per heavy atom. The first-order chi connectivity index (χ1) is 12.5. The van der Waals surface area contributed by atoms with Crippen LogP contribution in [0.1, 0.15) is 28.8 Å². The molecule has 1 saturated heterocycles. The predicted octanol–water partition coefficient (Wildman–Crippen LogP) is 2.84. The van der Waals surface area contributed by atoms with Crippen LogP contribution in [0.2, 0.25) is 0 Å². The van der Waals surface area contributed by atoms with Crippen LogP contribution in [0.4, 0.5) is 10.1 Å². The highest BCUT2D eigenvalue weighted by Gasteiger charge is 2.30. The first kappa shape index (κ1) is 17.6. The van der Waals surface area contributed by atoms with Crippen LogP contribution in [-0.4, -0.2) is 24.9 Å². The van der Waals surface area contributed by atoms with Gasteiger partial charge in [0.25, 0.3) is 0 Å². The van der Waals surface area contributed by atoms with Crippen molar-refractivity contribution in [3.63, 3.8) is 0 Å². The van der Waals surface area contributed by atoms with Gasteiger partial charge in [0.15, 0.2) is 0 Å². The third-order valence-corrected chi connectivity index (χ3v) is 3.99. The van der Waals surface area contributed by atoms with Crippen molar-refractivity contribution < 1.29 is 28.2 Å². The van der Waals surface area contributed by atoms with Crippen molar-refractivity contribution in [1.82, 2.24) is 0 Å². The first-order valence-corrected chi connectivity index (χ1v) is 7.95. The van der Waals surface area contributed by atoms with Gasteiger partial charge in [0, 0.05) is 18.4 Å². The molecule has 0 bridgehead atoms. The summed E-state index contributed by atoms with van der Waals surface area (Å²) in [7, 11) is 1.44. The fraction of sp³-hybridized carbons (Fsp3) is 0.211. The Bertz CT molecular complexity index is 864. The second kappa shape index (κ2) is 7.35. The van der Waals surface area contributed by atoms with Gasteiger partial charge in [-0.2, -0.15) is 0 Å². The molecule has 0 aromatic heterocycles. The van der Waals surface area contributed by atoms with Gasteiger partial charge in [-0.15, -0.1) is 0 Å². The van der Waals surface area contributed by atoms with Crippen LogP contribution in [0.25, 0.3) is 0 Å². The molecule has 1 fully saturated rings. The van der Waals surface area contributed by atoms with Gasteiger partial charge in [-0.05, 0) is 36.4 Å². The van der Waals surface area contributed by atoms with Crippen LogP contribution in [-0.2, 0) is 20.9 Å². The number of esters is 1. The van der Waals surface area contributed by atoms with Crippen molar-refractivity contribution in [3.05, 3.63) is 59.4 Å². The zero-order valence-electron chi connectivity index (χ0n) is 14.0. The number of amides is 2. The van der Waals surface area contributed by atoms with Crippen LogP contribution in [0.15, 0.2) is 42.5 Å². The van der Waals surface area contributed by atoms with Crippen molar-refractivity contribution >= 4 is 23.5 Å². The maximum Gasteiger partial charge on any atom is 0.338 e. The second-order valence-electron chi connectivity index (χ2n) is 5.71. The predicted molar refractivity (Wildman–Crippen MR) is 90.2 cm³/mol. The van der Waals surface area contributed by atoms with E-state index in [1.165, 1.54) is 37.4 Å². The summed E-state index contributed by atoms with van der Waals surface area (Å²) < 4.78 is 23.7. The van der Waals surface area contributed by atoms with Crippen molar-refractivity contribution in [1.29, 1.82) is 0 Å². The Kier molecular flexibility index (Phi) is 4.97. The van der Waals surface area contributed by atoms with Crippen molar-refractivity contribution in [2.45, 2.75) is 19.4 Å². The normalized spacial score (nSPS) is 13.8. The SMILES string of the molecule is COc1ccc(F)cc1COC(=O)c1cccc(N2C(=O)CCC2=O)c1. The lowest BCUT2D eigenvalue weighted by Crippen LogP contribution is -2.28. The minimum atomic E-state index is -0.655. The molecular weight excluding hydrogens is 341 g/mol. The van der Waals surface area contributed by atoms with Crippen LogP contribution in [0.3, 0.4) is 0 Å². The largest absolute Gasteiger partial charge is 0.496 e. The van der Waals surface area contributed by atoms with E-state index >= 15 is 0 Å². The van der Waals surface area contributed by atoms with Gasteiger partial charge in [-0.25, -0.2) is 9.18 Å². The lowest BCUT2D eigenvalue weighted by molar-refractivity contribution is -0.121. The zero-order chi connectivity index (χ0) is 18.7. The van der Waals surface area contributed by atoms with E-state index in [0.717, 1.165) is 4.90 Å². The Hall–Kier alpha value is -3.22. The highest BCUT2D eigenvalue weighted by Crippen LogP contribution is 2.24. The van der Waals surface area contributed by atoms with Crippen LogP contribution in [0.5, 0.6) is 5.75 Å². The first-order valence-electron chi connectivity index (χ1n) is 7.95. The molecule has 0 aliphatic carbocycles. The maximum absolute atomic E-state index is 13.4. The number of carbonyl (C=O) groups is 3. The second-order valence-corrected chi connectivity index (χ2v) is 5.71. The summed E-state index contributed by atoms with van der Waals surface area (Å²) in [6, 6.07) is 10.00. The molecule has 0 saturated carbocycles. The molecular formula is C19H16FNO5.